The van der Waals surface area contributed by atoms with Gasteiger partial charge in [0, 0.05) is 25.3 Å². The summed E-state index contributed by atoms with van der Waals surface area (Å²) in [4.78, 5) is 9.86. The van der Waals surface area contributed by atoms with E-state index in [9.17, 15) is 0 Å². The van der Waals surface area contributed by atoms with Crippen molar-refractivity contribution in [3.63, 3.8) is 0 Å². The summed E-state index contributed by atoms with van der Waals surface area (Å²) in [7, 11) is 0. The second-order valence-corrected chi connectivity index (χ2v) is 4.20. The van der Waals surface area contributed by atoms with Gasteiger partial charge in [-0.15, -0.1) is 0 Å². The lowest BCUT2D eigenvalue weighted by molar-refractivity contribution is 0.335. The molecule has 0 bridgehead atoms. The smallest absolute Gasteiger partial charge is 0.0925 e. The topological polar surface area (TPSA) is 44.0 Å². The van der Waals surface area contributed by atoms with Crippen molar-refractivity contribution in [3.05, 3.63) is 17.7 Å². The molecule has 2 N–H and O–H groups in total. The van der Waals surface area contributed by atoms with Crippen molar-refractivity contribution in [3.8, 4) is 0 Å². The van der Waals surface area contributed by atoms with Crippen LogP contribution in [0.25, 0.3) is 0 Å². The normalized spacial score (nSPS) is 17.4. The predicted molar refractivity (Wildman–Crippen MR) is 60.7 cm³/mol. The number of hydrogen-bond donors (Lipinski definition) is 2. The van der Waals surface area contributed by atoms with Gasteiger partial charge in [0.05, 0.1) is 12.0 Å². The van der Waals surface area contributed by atoms with Crippen molar-refractivity contribution in [2.75, 3.05) is 26.2 Å². The molecule has 1 aromatic heterocycles. The summed E-state index contributed by atoms with van der Waals surface area (Å²) in [6, 6.07) is 0. The molecule has 1 aliphatic rings. The predicted octanol–water partition coefficient (Wildman–Crippen LogP) is 0.904. The highest BCUT2D eigenvalue weighted by atomic mass is 15.1. The number of aromatic amines is 1. The number of nitrogens with one attached hydrogen (secondary N) is 2. The highest BCUT2D eigenvalue weighted by Crippen LogP contribution is 2.05. The number of H-pyrrole nitrogens is 1. The average molecular weight is 208 g/mol. The molecule has 0 radical (unpaired) electrons. The van der Waals surface area contributed by atoms with Crippen molar-refractivity contribution < 1.29 is 0 Å². The van der Waals surface area contributed by atoms with Crippen molar-refractivity contribution >= 4 is 0 Å². The largest absolute Gasteiger partial charge is 0.348 e. The standard InChI is InChI=1S/C11H20N4/c1-10-11(14-9-13-10)8-12-4-7-15-5-2-3-6-15/h9,12H,2-8H2,1H3,(H,13,14). The number of aromatic nitrogens is 2. The van der Waals surface area contributed by atoms with Gasteiger partial charge in [-0.1, -0.05) is 0 Å². The Hall–Kier alpha value is -0.870. The highest BCUT2D eigenvalue weighted by molar-refractivity contribution is 5.07. The fraction of sp³-hybridized carbons (Fsp3) is 0.727. The van der Waals surface area contributed by atoms with Gasteiger partial charge in [0.2, 0.25) is 0 Å². The Morgan fingerprint density at radius 3 is 2.93 bits per heavy atom. The van der Waals surface area contributed by atoms with Gasteiger partial charge in [0.25, 0.3) is 0 Å². The molecule has 15 heavy (non-hydrogen) atoms. The maximum absolute atomic E-state index is 4.25. The van der Waals surface area contributed by atoms with Crippen LogP contribution < -0.4 is 5.32 Å². The molecule has 1 aromatic rings. The third-order valence-electron chi connectivity index (χ3n) is 3.03. The molecule has 1 fully saturated rings. The molecule has 0 aromatic carbocycles. The minimum Gasteiger partial charge on any atom is -0.348 e. The number of aryl methyl sites for hydroxylation is 1. The molecule has 0 saturated carbocycles. The first-order valence-electron chi connectivity index (χ1n) is 5.78. The van der Waals surface area contributed by atoms with E-state index in [1.54, 1.807) is 6.33 Å². The van der Waals surface area contributed by atoms with Crippen molar-refractivity contribution in [1.82, 2.24) is 20.2 Å². The van der Waals surface area contributed by atoms with E-state index in [0.29, 0.717) is 0 Å². The van der Waals surface area contributed by atoms with Gasteiger partial charge in [-0.2, -0.15) is 0 Å². The number of likely N-dealkylation sites (tertiary alicyclic amines) is 1. The molecular weight excluding hydrogens is 188 g/mol. The molecule has 0 aliphatic carbocycles. The minimum absolute atomic E-state index is 0.878. The summed E-state index contributed by atoms with van der Waals surface area (Å²) in [5, 5.41) is 3.43. The van der Waals surface area contributed by atoms with Crippen LogP contribution in [0.15, 0.2) is 6.33 Å². The van der Waals surface area contributed by atoms with Crippen LogP contribution in [0, 0.1) is 6.92 Å². The van der Waals surface area contributed by atoms with E-state index in [-0.39, 0.29) is 0 Å². The fourth-order valence-corrected chi connectivity index (χ4v) is 2.02. The van der Waals surface area contributed by atoms with E-state index in [2.05, 4.69) is 27.1 Å². The summed E-state index contributed by atoms with van der Waals surface area (Å²) in [5.41, 5.74) is 2.31. The van der Waals surface area contributed by atoms with Crippen molar-refractivity contribution in [1.29, 1.82) is 0 Å². The lowest BCUT2D eigenvalue weighted by atomic mass is 10.3. The second-order valence-electron chi connectivity index (χ2n) is 4.20. The van der Waals surface area contributed by atoms with E-state index in [4.69, 9.17) is 0 Å². The van der Waals surface area contributed by atoms with E-state index in [0.717, 1.165) is 18.8 Å². The monoisotopic (exact) mass is 208 g/mol. The molecule has 0 atom stereocenters. The van der Waals surface area contributed by atoms with Crippen LogP contribution in [0.3, 0.4) is 0 Å². The Morgan fingerprint density at radius 2 is 2.27 bits per heavy atom. The minimum atomic E-state index is 0.878. The number of rotatable bonds is 5. The van der Waals surface area contributed by atoms with Crippen LogP contribution in [0.1, 0.15) is 24.2 Å². The molecule has 2 heterocycles. The Labute approximate surface area is 91.1 Å². The first kappa shape index (κ1) is 10.6. The van der Waals surface area contributed by atoms with Crippen LogP contribution in [0.5, 0.6) is 0 Å². The zero-order chi connectivity index (χ0) is 10.5. The quantitative estimate of drug-likeness (QED) is 0.707. The van der Waals surface area contributed by atoms with E-state index in [1.165, 1.54) is 38.2 Å². The maximum Gasteiger partial charge on any atom is 0.0925 e. The van der Waals surface area contributed by atoms with E-state index >= 15 is 0 Å². The summed E-state index contributed by atoms with van der Waals surface area (Å²) in [5.74, 6) is 0. The highest BCUT2D eigenvalue weighted by Gasteiger charge is 2.10. The molecule has 84 valence electrons. The molecule has 1 saturated heterocycles. The van der Waals surface area contributed by atoms with Gasteiger partial charge in [0.1, 0.15) is 0 Å². The average Bonchev–Trinajstić information content (AvgIpc) is 2.85. The Balaban J connectivity index is 1.60. The number of hydrogen-bond acceptors (Lipinski definition) is 3. The maximum atomic E-state index is 4.25. The molecule has 4 nitrogen and oxygen atoms in total. The third kappa shape index (κ3) is 3.04. The van der Waals surface area contributed by atoms with Gasteiger partial charge < -0.3 is 15.2 Å². The van der Waals surface area contributed by atoms with Crippen LogP contribution in [-0.2, 0) is 6.54 Å². The Bertz CT molecular complexity index is 289. The lowest BCUT2D eigenvalue weighted by Crippen LogP contribution is -2.29. The summed E-state index contributed by atoms with van der Waals surface area (Å²) < 4.78 is 0. The van der Waals surface area contributed by atoms with Crippen molar-refractivity contribution in [2.45, 2.75) is 26.3 Å². The SMILES string of the molecule is Cc1[nH]cnc1CNCCN1CCCC1. The number of imidazole rings is 1. The summed E-state index contributed by atoms with van der Waals surface area (Å²) >= 11 is 0. The van der Waals surface area contributed by atoms with Crippen LogP contribution in [0.2, 0.25) is 0 Å². The van der Waals surface area contributed by atoms with Crippen LogP contribution in [-0.4, -0.2) is 41.0 Å². The zero-order valence-corrected chi connectivity index (χ0v) is 9.42. The first-order valence-corrected chi connectivity index (χ1v) is 5.78. The zero-order valence-electron chi connectivity index (χ0n) is 9.42. The second kappa shape index (κ2) is 5.28. The lowest BCUT2D eigenvalue weighted by Gasteiger charge is -2.14. The summed E-state index contributed by atoms with van der Waals surface area (Å²) in [6.07, 6.45) is 4.50. The Morgan fingerprint density at radius 1 is 1.47 bits per heavy atom. The molecule has 2 rings (SSSR count). The van der Waals surface area contributed by atoms with Gasteiger partial charge in [-0.25, -0.2) is 4.98 Å². The molecule has 0 amide bonds. The van der Waals surface area contributed by atoms with E-state index < -0.39 is 0 Å². The first-order chi connectivity index (χ1) is 7.36. The van der Waals surface area contributed by atoms with Crippen LogP contribution >= 0.6 is 0 Å². The Kier molecular flexibility index (Phi) is 3.75. The molecular formula is C11H20N4. The number of nitrogens with zero attached hydrogens (tertiary/aromatic N) is 2. The van der Waals surface area contributed by atoms with Gasteiger partial charge in [-0.05, 0) is 32.9 Å². The molecule has 1 aliphatic heterocycles. The van der Waals surface area contributed by atoms with Crippen molar-refractivity contribution in [2.24, 2.45) is 0 Å². The van der Waals surface area contributed by atoms with Gasteiger partial charge in [-0.3, -0.25) is 0 Å². The molecule has 0 spiro atoms. The third-order valence-corrected chi connectivity index (χ3v) is 3.03. The van der Waals surface area contributed by atoms with Gasteiger partial charge >= 0.3 is 0 Å². The fourth-order valence-electron chi connectivity index (χ4n) is 2.02. The van der Waals surface area contributed by atoms with Crippen LogP contribution in [0.4, 0.5) is 0 Å². The van der Waals surface area contributed by atoms with E-state index in [1.807, 2.05) is 0 Å². The summed E-state index contributed by atoms with van der Waals surface area (Å²) in [6.45, 7) is 7.73. The molecule has 0 unspecified atom stereocenters. The molecule has 4 heteroatoms. The van der Waals surface area contributed by atoms with Gasteiger partial charge in [0.15, 0.2) is 0 Å².